The summed E-state index contributed by atoms with van der Waals surface area (Å²) in [4.78, 5) is 25.6. The van der Waals surface area contributed by atoms with Crippen LogP contribution in [0.15, 0.2) is 23.1 Å². The number of nitrogens with zero attached hydrogens (tertiary/aromatic N) is 2. The molecule has 7 nitrogen and oxygen atoms in total. The second kappa shape index (κ2) is 7.72. The van der Waals surface area contributed by atoms with E-state index in [1.54, 1.807) is 4.90 Å². The Morgan fingerprint density at radius 3 is 2.36 bits per heavy atom. The van der Waals surface area contributed by atoms with Crippen molar-refractivity contribution in [3.63, 3.8) is 0 Å². The predicted molar refractivity (Wildman–Crippen MR) is 95.1 cm³/mol. The minimum absolute atomic E-state index is 0.0125. The maximum atomic E-state index is 12.5. The van der Waals surface area contributed by atoms with Gasteiger partial charge in [0.05, 0.1) is 15.5 Å². The third kappa shape index (κ3) is 4.50. The summed E-state index contributed by atoms with van der Waals surface area (Å²) < 4.78 is 25.5. The van der Waals surface area contributed by atoms with Crippen LogP contribution in [-0.2, 0) is 14.8 Å². The molecular formula is C16H22ClN3O4S. The number of benzene rings is 1. The van der Waals surface area contributed by atoms with Crippen LogP contribution in [0.5, 0.6) is 0 Å². The lowest BCUT2D eigenvalue weighted by Crippen LogP contribution is -2.46. The average molecular weight is 388 g/mol. The van der Waals surface area contributed by atoms with Crippen LogP contribution < -0.4 is 5.32 Å². The molecule has 1 fully saturated rings. The van der Waals surface area contributed by atoms with E-state index in [1.807, 2.05) is 0 Å². The molecule has 0 saturated carbocycles. The van der Waals surface area contributed by atoms with Gasteiger partial charge in [0.25, 0.3) is 5.91 Å². The zero-order valence-corrected chi connectivity index (χ0v) is 16.0. The molecule has 138 valence electrons. The van der Waals surface area contributed by atoms with Gasteiger partial charge in [0.2, 0.25) is 15.9 Å². The highest BCUT2D eigenvalue weighted by Crippen LogP contribution is 2.22. The van der Waals surface area contributed by atoms with E-state index in [0.29, 0.717) is 25.9 Å². The van der Waals surface area contributed by atoms with Crippen molar-refractivity contribution in [1.82, 2.24) is 14.5 Å². The Morgan fingerprint density at radius 1 is 1.24 bits per heavy atom. The molecular weight excluding hydrogens is 366 g/mol. The van der Waals surface area contributed by atoms with Gasteiger partial charge in [0, 0.05) is 40.2 Å². The summed E-state index contributed by atoms with van der Waals surface area (Å²) in [5.74, 6) is -0.392. The van der Waals surface area contributed by atoms with E-state index in [4.69, 9.17) is 11.6 Å². The van der Waals surface area contributed by atoms with Crippen molar-refractivity contribution in [1.29, 1.82) is 0 Å². The summed E-state index contributed by atoms with van der Waals surface area (Å²) in [6, 6.07) is 4.00. The minimum Gasteiger partial charge on any atom is -0.349 e. The van der Waals surface area contributed by atoms with Crippen LogP contribution in [0.1, 0.15) is 30.1 Å². The van der Waals surface area contributed by atoms with Gasteiger partial charge in [-0.3, -0.25) is 9.59 Å². The molecule has 0 spiro atoms. The lowest BCUT2D eigenvalue weighted by Gasteiger charge is -2.31. The molecule has 2 amide bonds. The van der Waals surface area contributed by atoms with Gasteiger partial charge in [-0.05, 0) is 31.0 Å². The molecule has 0 radical (unpaired) electrons. The summed E-state index contributed by atoms with van der Waals surface area (Å²) in [5, 5.41) is 3.06. The molecule has 9 heteroatoms. The molecule has 0 aromatic heterocycles. The topological polar surface area (TPSA) is 86.8 Å². The SMILES string of the molecule is CC(=O)N1CCC(NC(=O)c2cc(S(=O)(=O)N(C)C)ccc2Cl)CC1. The third-order valence-electron chi connectivity index (χ3n) is 4.24. The number of hydrogen-bond donors (Lipinski definition) is 1. The number of carbonyl (C=O) groups is 2. The van der Waals surface area contributed by atoms with Gasteiger partial charge in [0.1, 0.15) is 0 Å². The Hall–Kier alpha value is -1.64. The summed E-state index contributed by atoms with van der Waals surface area (Å²) >= 11 is 6.08. The second-order valence-corrected chi connectivity index (χ2v) is 8.74. The fourth-order valence-corrected chi connectivity index (χ4v) is 3.78. The standard InChI is InChI=1S/C16H22ClN3O4S/c1-11(21)20-8-6-12(7-9-20)18-16(22)14-10-13(4-5-15(14)17)25(23,24)19(2)3/h4-5,10,12H,6-9H2,1-3H3,(H,18,22). The van der Waals surface area contributed by atoms with Crippen molar-refractivity contribution in [3.05, 3.63) is 28.8 Å². The molecule has 25 heavy (non-hydrogen) atoms. The zero-order chi connectivity index (χ0) is 18.8. The predicted octanol–water partition coefficient (Wildman–Crippen LogP) is 1.33. The highest BCUT2D eigenvalue weighted by molar-refractivity contribution is 7.89. The first kappa shape index (κ1) is 19.7. The van der Waals surface area contributed by atoms with Crippen molar-refractivity contribution >= 4 is 33.4 Å². The van der Waals surface area contributed by atoms with Crippen LogP contribution in [-0.4, -0.2) is 62.7 Å². The number of piperidine rings is 1. The molecule has 1 heterocycles. The lowest BCUT2D eigenvalue weighted by atomic mass is 10.0. The third-order valence-corrected chi connectivity index (χ3v) is 6.38. The van der Waals surface area contributed by atoms with Crippen molar-refractivity contribution < 1.29 is 18.0 Å². The van der Waals surface area contributed by atoms with E-state index >= 15 is 0 Å². The first-order chi connectivity index (χ1) is 11.6. The minimum atomic E-state index is -3.65. The number of nitrogens with one attached hydrogen (secondary N) is 1. The Morgan fingerprint density at radius 2 is 1.84 bits per heavy atom. The summed E-state index contributed by atoms with van der Waals surface area (Å²) in [5.41, 5.74) is 0.124. The largest absolute Gasteiger partial charge is 0.349 e. The maximum absolute atomic E-state index is 12.5. The molecule has 1 aliphatic heterocycles. The Kier molecular flexibility index (Phi) is 6.08. The number of halogens is 1. The van der Waals surface area contributed by atoms with Gasteiger partial charge in [-0.2, -0.15) is 0 Å². The van der Waals surface area contributed by atoms with Crippen LogP contribution in [0.4, 0.5) is 0 Å². The quantitative estimate of drug-likeness (QED) is 0.844. The van der Waals surface area contributed by atoms with E-state index in [9.17, 15) is 18.0 Å². The first-order valence-electron chi connectivity index (χ1n) is 7.91. The maximum Gasteiger partial charge on any atom is 0.253 e. The van der Waals surface area contributed by atoms with Crippen LogP contribution >= 0.6 is 11.6 Å². The fourth-order valence-electron chi connectivity index (χ4n) is 2.65. The molecule has 2 rings (SSSR count). The molecule has 0 atom stereocenters. The Labute approximate surface area is 153 Å². The van der Waals surface area contributed by atoms with Gasteiger partial charge < -0.3 is 10.2 Å². The summed E-state index contributed by atoms with van der Waals surface area (Å²) in [6.07, 6.45) is 1.30. The van der Waals surface area contributed by atoms with Crippen LogP contribution in [0.25, 0.3) is 0 Å². The van der Waals surface area contributed by atoms with Gasteiger partial charge >= 0.3 is 0 Å². The summed E-state index contributed by atoms with van der Waals surface area (Å²) in [7, 11) is -0.803. The molecule has 0 unspecified atom stereocenters. The Balaban J connectivity index is 2.13. The zero-order valence-electron chi connectivity index (χ0n) is 14.5. The number of carbonyl (C=O) groups excluding carboxylic acids is 2. The van der Waals surface area contributed by atoms with E-state index in [0.717, 1.165) is 4.31 Å². The van der Waals surface area contributed by atoms with Gasteiger partial charge in [-0.25, -0.2) is 12.7 Å². The van der Waals surface area contributed by atoms with Crippen LogP contribution in [0.2, 0.25) is 5.02 Å². The molecule has 1 saturated heterocycles. The van der Waals surface area contributed by atoms with Crippen molar-refractivity contribution in [3.8, 4) is 0 Å². The van der Waals surface area contributed by atoms with E-state index in [-0.39, 0.29) is 27.4 Å². The number of hydrogen-bond acceptors (Lipinski definition) is 4. The highest BCUT2D eigenvalue weighted by atomic mass is 35.5. The number of sulfonamides is 1. The van der Waals surface area contributed by atoms with E-state index in [1.165, 1.54) is 39.2 Å². The molecule has 0 aliphatic carbocycles. The van der Waals surface area contributed by atoms with Crippen molar-refractivity contribution in [2.45, 2.75) is 30.7 Å². The average Bonchev–Trinajstić information content (AvgIpc) is 2.55. The normalized spacial score (nSPS) is 16.1. The lowest BCUT2D eigenvalue weighted by molar-refractivity contribution is -0.129. The first-order valence-corrected chi connectivity index (χ1v) is 9.73. The monoisotopic (exact) mass is 387 g/mol. The molecule has 1 aliphatic rings. The van der Waals surface area contributed by atoms with Crippen LogP contribution in [0, 0.1) is 0 Å². The fraction of sp³-hybridized carbons (Fsp3) is 0.500. The number of likely N-dealkylation sites (tertiary alicyclic amines) is 1. The summed E-state index contributed by atoms with van der Waals surface area (Å²) in [6.45, 7) is 2.70. The van der Waals surface area contributed by atoms with Crippen molar-refractivity contribution in [2.75, 3.05) is 27.2 Å². The van der Waals surface area contributed by atoms with Gasteiger partial charge in [-0.15, -0.1) is 0 Å². The molecule has 0 bridgehead atoms. The second-order valence-electron chi connectivity index (χ2n) is 6.18. The van der Waals surface area contributed by atoms with E-state index < -0.39 is 15.9 Å². The molecule has 1 N–H and O–H groups in total. The van der Waals surface area contributed by atoms with Gasteiger partial charge in [-0.1, -0.05) is 11.6 Å². The highest BCUT2D eigenvalue weighted by Gasteiger charge is 2.25. The molecule has 1 aromatic carbocycles. The van der Waals surface area contributed by atoms with E-state index in [2.05, 4.69) is 5.32 Å². The smallest absolute Gasteiger partial charge is 0.253 e. The van der Waals surface area contributed by atoms with Gasteiger partial charge in [0.15, 0.2) is 0 Å². The molecule has 1 aromatic rings. The van der Waals surface area contributed by atoms with Crippen molar-refractivity contribution in [2.24, 2.45) is 0 Å². The number of amides is 2. The number of rotatable bonds is 4. The Bertz CT molecular complexity index is 772. The van der Waals surface area contributed by atoms with Crippen LogP contribution in [0.3, 0.4) is 0 Å².